The van der Waals surface area contributed by atoms with E-state index in [2.05, 4.69) is 53.9 Å². The minimum absolute atomic E-state index is 0. The first-order chi connectivity index (χ1) is 13.0. The predicted molar refractivity (Wildman–Crippen MR) is 114 cm³/mol. The highest BCUT2D eigenvalue weighted by molar-refractivity contribution is 5.95. The van der Waals surface area contributed by atoms with E-state index in [1.165, 1.54) is 5.57 Å². The number of carbonyl (C=O) groups is 1. The molecule has 1 aliphatic rings. The van der Waals surface area contributed by atoms with Crippen LogP contribution in [0, 0.1) is 5.92 Å². The molecule has 2 aromatic heterocycles. The summed E-state index contributed by atoms with van der Waals surface area (Å²) in [5, 5.41) is 3.83. The first-order valence-corrected chi connectivity index (χ1v) is 9.61. The Bertz CT molecular complexity index is 942. The molecule has 1 aliphatic carbocycles. The molecule has 0 radical (unpaired) electrons. The molecule has 4 heteroatoms. The molecule has 142 valence electrons. The standard InChI is InChI=1S/C23H27N3O.H2/c1-5-7-15(3)10-16(4)20(6-2)18-11-19-14-25-22(12-21(19)24-13-18)26-23(27)17-8-9-17;/h6,10-14,17H,3,5,7-9H2,1-2,4H3,(H,25,26,27);1H/b16-10-,20-6+;. The van der Waals surface area contributed by atoms with E-state index in [1.54, 1.807) is 6.20 Å². The van der Waals surface area contributed by atoms with Crippen molar-refractivity contribution in [2.75, 3.05) is 5.32 Å². The Morgan fingerprint density at radius 1 is 1.33 bits per heavy atom. The highest BCUT2D eigenvalue weighted by atomic mass is 16.2. The maximum Gasteiger partial charge on any atom is 0.228 e. The number of nitrogens with one attached hydrogen (secondary N) is 1. The van der Waals surface area contributed by atoms with Crippen molar-refractivity contribution in [3.63, 3.8) is 0 Å². The molecule has 0 saturated heterocycles. The van der Waals surface area contributed by atoms with E-state index < -0.39 is 0 Å². The summed E-state index contributed by atoms with van der Waals surface area (Å²) in [5.74, 6) is 0.785. The Kier molecular flexibility index (Phi) is 5.84. The van der Waals surface area contributed by atoms with Gasteiger partial charge in [0.2, 0.25) is 5.91 Å². The molecule has 3 rings (SSSR count). The second kappa shape index (κ2) is 8.30. The van der Waals surface area contributed by atoms with Crippen molar-refractivity contribution in [1.29, 1.82) is 0 Å². The molecule has 0 bridgehead atoms. The number of nitrogens with zero attached hydrogens (tertiary/aromatic N) is 2. The van der Waals surface area contributed by atoms with Crippen LogP contribution in [0.4, 0.5) is 5.82 Å². The highest BCUT2D eigenvalue weighted by Gasteiger charge is 2.29. The molecule has 1 fully saturated rings. The maximum atomic E-state index is 11.9. The van der Waals surface area contributed by atoms with Crippen molar-refractivity contribution in [2.24, 2.45) is 5.92 Å². The maximum absolute atomic E-state index is 11.9. The van der Waals surface area contributed by atoms with E-state index in [9.17, 15) is 4.79 Å². The molecule has 2 heterocycles. The Labute approximate surface area is 162 Å². The number of aromatic nitrogens is 2. The molecular weight excluding hydrogens is 334 g/mol. The first-order valence-electron chi connectivity index (χ1n) is 9.61. The van der Waals surface area contributed by atoms with Crippen LogP contribution in [0.25, 0.3) is 16.5 Å². The van der Waals surface area contributed by atoms with Crippen LogP contribution < -0.4 is 5.32 Å². The Morgan fingerprint density at radius 3 is 2.78 bits per heavy atom. The number of allylic oxidation sites excluding steroid dienone is 5. The zero-order chi connectivity index (χ0) is 19.4. The molecule has 1 N–H and O–H groups in total. The molecule has 0 unspecified atom stereocenters. The van der Waals surface area contributed by atoms with E-state index in [0.29, 0.717) is 5.82 Å². The molecule has 2 aromatic rings. The quantitative estimate of drug-likeness (QED) is 0.620. The first kappa shape index (κ1) is 19.0. The smallest absolute Gasteiger partial charge is 0.228 e. The van der Waals surface area contributed by atoms with Crippen molar-refractivity contribution in [1.82, 2.24) is 9.97 Å². The van der Waals surface area contributed by atoms with E-state index in [1.807, 2.05) is 19.2 Å². The van der Waals surface area contributed by atoms with Crippen LogP contribution in [0.1, 0.15) is 53.4 Å². The number of hydrogen-bond acceptors (Lipinski definition) is 3. The van der Waals surface area contributed by atoms with Gasteiger partial charge in [0.25, 0.3) is 0 Å². The zero-order valence-corrected chi connectivity index (χ0v) is 16.4. The summed E-state index contributed by atoms with van der Waals surface area (Å²) >= 11 is 0. The van der Waals surface area contributed by atoms with Crippen LogP contribution in [0.2, 0.25) is 0 Å². The van der Waals surface area contributed by atoms with Crippen LogP contribution in [-0.2, 0) is 4.79 Å². The fourth-order valence-corrected chi connectivity index (χ4v) is 3.21. The normalized spacial score (nSPS) is 15.1. The van der Waals surface area contributed by atoms with Crippen molar-refractivity contribution in [3.8, 4) is 0 Å². The highest BCUT2D eigenvalue weighted by Crippen LogP contribution is 2.30. The minimum Gasteiger partial charge on any atom is -0.310 e. The van der Waals surface area contributed by atoms with Gasteiger partial charge in [-0.2, -0.15) is 0 Å². The lowest BCUT2D eigenvalue weighted by molar-refractivity contribution is -0.117. The topological polar surface area (TPSA) is 54.9 Å². The van der Waals surface area contributed by atoms with E-state index >= 15 is 0 Å². The molecule has 1 amide bonds. The summed E-state index contributed by atoms with van der Waals surface area (Å²) in [6.45, 7) is 10.4. The minimum atomic E-state index is 0. The Morgan fingerprint density at radius 2 is 2.11 bits per heavy atom. The molecule has 1 saturated carbocycles. The van der Waals surface area contributed by atoms with Gasteiger partial charge in [-0.15, -0.1) is 0 Å². The predicted octanol–water partition coefficient (Wildman–Crippen LogP) is 5.93. The average Bonchev–Trinajstić information content (AvgIpc) is 3.47. The second-order valence-electron chi connectivity index (χ2n) is 7.19. The second-order valence-corrected chi connectivity index (χ2v) is 7.19. The third-order valence-electron chi connectivity index (χ3n) is 4.78. The number of hydrogen-bond donors (Lipinski definition) is 1. The van der Waals surface area contributed by atoms with Gasteiger partial charge in [-0.05, 0) is 50.3 Å². The van der Waals surface area contributed by atoms with Gasteiger partial charge in [0.1, 0.15) is 5.82 Å². The third-order valence-corrected chi connectivity index (χ3v) is 4.78. The van der Waals surface area contributed by atoms with Crippen molar-refractivity contribution >= 4 is 28.2 Å². The number of pyridine rings is 2. The fraction of sp³-hybridized carbons (Fsp3) is 0.348. The molecule has 0 aromatic carbocycles. The Balaban J connectivity index is 0.00000280. The summed E-state index contributed by atoms with van der Waals surface area (Å²) in [4.78, 5) is 20.9. The SMILES string of the molecule is C=C(/C=C(C)\C(=C/C)c1cnc2cc(NC(=O)C3CC3)ncc2c1)CCC.[HH]. The monoisotopic (exact) mass is 363 g/mol. The lowest BCUT2D eigenvalue weighted by atomic mass is 9.97. The molecule has 4 nitrogen and oxygen atoms in total. The van der Waals surface area contributed by atoms with Gasteiger partial charge in [-0.25, -0.2) is 4.98 Å². The third kappa shape index (κ3) is 4.70. The summed E-state index contributed by atoms with van der Waals surface area (Å²) in [6, 6.07) is 3.93. The van der Waals surface area contributed by atoms with Gasteiger partial charge in [-0.3, -0.25) is 9.78 Å². The number of fused-ring (bicyclic) bond motifs is 1. The molecule has 27 heavy (non-hydrogen) atoms. The van der Waals surface area contributed by atoms with Crippen molar-refractivity contribution < 1.29 is 6.22 Å². The van der Waals surface area contributed by atoms with Crippen LogP contribution in [0.15, 0.2) is 54.4 Å². The van der Waals surface area contributed by atoms with Crippen molar-refractivity contribution in [3.05, 3.63) is 60.0 Å². The number of amides is 1. The average molecular weight is 364 g/mol. The molecule has 0 spiro atoms. The van der Waals surface area contributed by atoms with Crippen LogP contribution >= 0.6 is 0 Å². The largest absolute Gasteiger partial charge is 0.310 e. The molecule has 0 atom stereocenters. The lowest BCUT2D eigenvalue weighted by Gasteiger charge is -2.11. The van der Waals surface area contributed by atoms with Gasteiger partial charge < -0.3 is 5.32 Å². The summed E-state index contributed by atoms with van der Waals surface area (Å²) in [7, 11) is 0. The fourth-order valence-electron chi connectivity index (χ4n) is 3.21. The zero-order valence-electron chi connectivity index (χ0n) is 16.4. The van der Waals surface area contributed by atoms with Gasteiger partial charge in [0, 0.05) is 36.8 Å². The number of rotatable bonds is 7. The van der Waals surface area contributed by atoms with Crippen LogP contribution in [-0.4, -0.2) is 15.9 Å². The van der Waals surface area contributed by atoms with E-state index in [-0.39, 0.29) is 13.3 Å². The van der Waals surface area contributed by atoms with Crippen LogP contribution in [0.5, 0.6) is 0 Å². The Hall–Kier alpha value is -2.75. The lowest BCUT2D eigenvalue weighted by Crippen LogP contribution is -2.14. The van der Waals surface area contributed by atoms with E-state index in [4.69, 9.17) is 0 Å². The molecular formula is C23H29N3O. The van der Waals surface area contributed by atoms with Crippen LogP contribution in [0.3, 0.4) is 0 Å². The van der Waals surface area contributed by atoms with Gasteiger partial charge in [0.15, 0.2) is 0 Å². The van der Waals surface area contributed by atoms with E-state index in [0.717, 1.165) is 53.3 Å². The van der Waals surface area contributed by atoms with Crippen molar-refractivity contribution in [2.45, 2.75) is 46.5 Å². The number of carbonyl (C=O) groups excluding carboxylic acids is 1. The summed E-state index contributed by atoms with van der Waals surface area (Å²) in [5.41, 5.74) is 5.35. The van der Waals surface area contributed by atoms with Gasteiger partial charge >= 0.3 is 0 Å². The summed E-state index contributed by atoms with van der Waals surface area (Å²) < 4.78 is 0. The number of anilines is 1. The molecule has 0 aliphatic heterocycles. The summed E-state index contributed by atoms with van der Waals surface area (Å²) in [6.07, 6.45) is 12.0. The van der Waals surface area contributed by atoms with Gasteiger partial charge in [-0.1, -0.05) is 37.6 Å². The van der Waals surface area contributed by atoms with Gasteiger partial charge in [0.05, 0.1) is 5.52 Å².